The first-order valence-electron chi connectivity index (χ1n) is 5.44. The van der Waals surface area contributed by atoms with Crippen LogP contribution in [-0.2, 0) is 0 Å². The molecular weight excluding hydrogens is 298 g/mol. The van der Waals surface area contributed by atoms with Crippen LogP contribution in [0.3, 0.4) is 0 Å². The Balaban J connectivity index is 2.78. The number of hydrogen-bond acceptors (Lipinski definition) is 3. The van der Waals surface area contributed by atoms with Gasteiger partial charge in [0.2, 0.25) is 0 Å². The fraction of sp³-hybridized carbons (Fsp3) is 0.333. The Bertz CT molecular complexity index is 462. The monoisotopic (exact) mass is 313 g/mol. The van der Waals surface area contributed by atoms with Gasteiger partial charge in [-0.25, -0.2) is 0 Å². The molecule has 1 rings (SSSR count). The molecule has 1 amide bonds. The Morgan fingerprint density at radius 2 is 2.28 bits per heavy atom. The minimum atomic E-state index is -0.146. The van der Waals surface area contributed by atoms with Gasteiger partial charge in [-0.1, -0.05) is 27.2 Å². The van der Waals surface area contributed by atoms with Crippen LogP contribution in [0.2, 0.25) is 0 Å². The minimum absolute atomic E-state index is 0.102. The second-order valence-electron chi connectivity index (χ2n) is 4.07. The Hall–Kier alpha value is -1.56. The van der Waals surface area contributed by atoms with Crippen molar-refractivity contribution >= 4 is 27.7 Å². The van der Waals surface area contributed by atoms with Crippen molar-refractivity contribution in [1.82, 2.24) is 4.90 Å². The average molecular weight is 314 g/mol. The lowest BCUT2D eigenvalue weighted by molar-refractivity contribution is 0.0747. The number of carbonyl (C=O) groups is 1. The summed E-state index contributed by atoms with van der Waals surface area (Å²) >= 11 is 3.33. The van der Waals surface area contributed by atoms with Crippen LogP contribution in [0.4, 0.5) is 0 Å². The first kappa shape index (κ1) is 14.5. The predicted octanol–water partition coefficient (Wildman–Crippen LogP) is 2.05. The molecule has 98 valence electrons. The fourth-order valence-electron chi connectivity index (χ4n) is 1.51. The van der Waals surface area contributed by atoms with Crippen LogP contribution < -0.4 is 5.73 Å². The van der Waals surface area contributed by atoms with Crippen LogP contribution in [0.25, 0.3) is 0 Å². The molecule has 0 aliphatic carbocycles. The van der Waals surface area contributed by atoms with Crippen molar-refractivity contribution in [2.75, 3.05) is 7.05 Å². The maximum atomic E-state index is 12.2. The lowest BCUT2D eigenvalue weighted by Crippen LogP contribution is -2.37. The van der Waals surface area contributed by atoms with Crippen molar-refractivity contribution in [1.29, 1.82) is 0 Å². The van der Waals surface area contributed by atoms with E-state index in [1.165, 1.54) is 0 Å². The van der Waals surface area contributed by atoms with Gasteiger partial charge >= 0.3 is 0 Å². The minimum Gasteiger partial charge on any atom is -0.409 e. The van der Waals surface area contributed by atoms with E-state index in [4.69, 9.17) is 10.9 Å². The summed E-state index contributed by atoms with van der Waals surface area (Å²) in [6, 6.07) is 7.03. The van der Waals surface area contributed by atoms with Gasteiger partial charge in [0.25, 0.3) is 5.91 Å². The molecule has 5 nitrogen and oxygen atoms in total. The van der Waals surface area contributed by atoms with E-state index >= 15 is 0 Å². The number of hydrogen-bond donors (Lipinski definition) is 2. The van der Waals surface area contributed by atoms with Crippen molar-refractivity contribution in [3.05, 3.63) is 34.3 Å². The zero-order valence-electron chi connectivity index (χ0n) is 10.3. The van der Waals surface area contributed by atoms with E-state index in [2.05, 4.69) is 21.1 Å². The van der Waals surface area contributed by atoms with Crippen LogP contribution in [0.15, 0.2) is 33.9 Å². The number of carbonyl (C=O) groups excluding carboxylic acids is 1. The molecule has 0 saturated carbocycles. The summed E-state index contributed by atoms with van der Waals surface area (Å²) in [5.41, 5.74) is 6.02. The summed E-state index contributed by atoms with van der Waals surface area (Å²) in [5.74, 6) is 0.00549. The van der Waals surface area contributed by atoms with Crippen LogP contribution in [0.1, 0.15) is 23.7 Å². The first-order chi connectivity index (χ1) is 8.45. The molecule has 0 aliphatic rings. The van der Waals surface area contributed by atoms with Gasteiger partial charge < -0.3 is 15.8 Å². The van der Waals surface area contributed by atoms with E-state index in [1.807, 2.05) is 13.0 Å². The molecule has 6 heteroatoms. The van der Waals surface area contributed by atoms with Crippen molar-refractivity contribution in [3.63, 3.8) is 0 Å². The largest absolute Gasteiger partial charge is 0.409 e. The molecule has 18 heavy (non-hydrogen) atoms. The maximum absolute atomic E-state index is 12.2. The Morgan fingerprint density at radius 3 is 2.83 bits per heavy atom. The molecule has 0 heterocycles. The standard InChI is InChI=1S/C12H16BrN3O2/c1-8(6-11(14)15-18)16(2)12(17)9-4-3-5-10(13)7-9/h3-5,7-8,18H,6H2,1-2H3,(H2,14,15). The third-order valence-corrected chi connectivity index (χ3v) is 3.18. The zero-order chi connectivity index (χ0) is 13.7. The predicted molar refractivity (Wildman–Crippen MR) is 73.7 cm³/mol. The number of nitrogens with zero attached hydrogens (tertiary/aromatic N) is 2. The summed E-state index contributed by atoms with van der Waals surface area (Å²) < 4.78 is 0.853. The van der Waals surface area contributed by atoms with E-state index < -0.39 is 0 Å². The second kappa shape index (κ2) is 6.39. The van der Waals surface area contributed by atoms with Crippen molar-refractivity contribution in [2.24, 2.45) is 10.9 Å². The number of amidine groups is 1. The van der Waals surface area contributed by atoms with Gasteiger partial charge in [-0.15, -0.1) is 0 Å². The van der Waals surface area contributed by atoms with Gasteiger partial charge in [-0.2, -0.15) is 0 Å². The molecule has 0 fully saturated rings. The average Bonchev–Trinajstić information content (AvgIpc) is 2.36. The van der Waals surface area contributed by atoms with Gasteiger partial charge in [0.1, 0.15) is 5.84 Å². The van der Waals surface area contributed by atoms with E-state index in [9.17, 15) is 4.79 Å². The molecule has 0 spiro atoms. The van der Waals surface area contributed by atoms with Crippen LogP contribution in [0.5, 0.6) is 0 Å². The molecule has 1 atom stereocenters. The zero-order valence-corrected chi connectivity index (χ0v) is 11.9. The molecule has 0 saturated heterocycles. The highest BCUT2D eigenvalue weighted by atomic mass is 79.9. The lowest BCUT2D eigenvalue weighted by Gasteiger charge is -2.24. The van der Waals surface area contributed by atoms with E-state index in [0.29, 0.717) is 12.0 Å². The summed E-state index contributed by atoms with van der Waals surface area (Å²) in [6.45, 7) is 1.84. The van der Waals surface area contributed by atoms with Crippen molar-refractivity contribution in [2.45, 2.75) is 19.4 Å². The molecule has 0 aromatic heterocycles. The SMILES string of the molecule is CC(CC(N)=NO)N(C)C(=O)c1cccc(Br)c1. The molecule has 1 aromatic rings. The normalized spacial score (nSPS) is 13.2. The van der Waals surface area contributed by atoms with Gasteiger partial charge in [-0.3, -0.25) is 4.79 Å². The fourth-order valence-corrected chi connectivity index (χ4v) is 1.90. The van der Waals surface area contributed by atoms with E-state index in [0.717, 1.165) is 4.47 Å². The summed E-state index contributed by atoms with van der Waals surface area (Å²) in [4.78, 5) is 13.7. The Morgan fingerprint density at radius 1 is 1.61 bits per heavy atom. The molecule has 0 bridgehead atoms. The quantitative estimate of drug-likeness (QED) is 0.386. The number of oxime groups is 1. The third kappa shape index (κ3) is 3.73. The van der Waals surface area contributed by atoms with Crippen molar-refractivity contribution < 1.29 is 10.0 Å². The summed E-state index contributed by atoms with van der Waals surface area (Å²) in [6.07, 6.45) is 0.326. The van der Waals surface area contributed by atoms with Crippen molar-refractivity contribution in [3.8, 4) is 0 Å². The summed E-state index contributed by atoms with van der Waals surface area (Å²) in [7, 11) is 1.69. The number of halogens is 1. The smallest absolute Gasteiger partial charge is 0.253 e. The number of amides is 1. The third-order valence-electron chi connectivity index (χ3n) is 2.69. The second-order valence-corrected chi connectivity index (χ2v) is 4.99. The maximum Gasteiger partial charge on any atom is 0.253 e. The molecule has 1 unspecified atom stereocenters. The van der Waals surface area contributed by atoms with Gasteiger partial charge in [-0.05, 0) is 25.1 Å². The van der Waals surface area contributed by atoms with Gasteiger partial charge in [0.05, 0.1) is 0 Å². The summed E-state index contributed by atoms with van der Waals surface area (Å²) in [5, 5.41) is 11.4. The molecule has 1 aromatic carbocycles. The number of benzene rings is 1. The highest BCUT2D eigenvalue weighted by molar-refractivity contribution is 9.10. The molecule has 0 radical (unpaired) electrons. The van der Waals surface area contributed by atoms with Gasteiger partial charge in [0.15, 0.2) is 0 Å². The van der Waals surface area contributed by atoms with Crippen LogP contribution >= 0.6 is 15.9 Å². The van der Waals surface area contributed by atoms with Crippen LogP contribution in [0, 0.1) is 0 Å². The highest BCUT2D eigenvalue weighted by Crippen LogP contribution is 2.14. The first-order valence-corrected chi connectivity index (χ1v) is 6.24. The lowest BCUT2D eigenvalue weighted by atomic mass is 10.1. The number of rotatable bonds is 4. The van der Waals surface area contributed by atoms with E-state index in [1.54, 1.807) is 30.1 Å². The molecule has 3 N–H and O–H groups in total. The molecule has 0 aliphatic heterocycles. The van der Waals surface area contributed by atoms with Crippen LogP contribution in [-0.4, -0.2) is 34.9 Å². The van der Waals surface area contributed by atoms with Gasteiger partial charge in [0, 0.05) is 29.5 Å². The Kier molecular flexibility index (Phi) is 5.15. The highest BCUT2D eigenvalue weighted by Gasteiger charge is 2.18. The topological polar surface area (TPSA) is 78.9 Å². The number of nitrogens with two attached hydrogens (primary N) is 1. The van der Waals surface area contributed by atoms with E-state index in [-0.39, 0.29) is 17.8 Å². The Labute approximate surface area is 114 Å². The molecular formula is C12H16BrN3O2.